The van der Waals surface area contributed by atoms with Crippen molar-refractivity contribution >= 4 is 23.2 Å². The van der Waals surface area contributed by atoms with Gasteiger partial charge < -0.3 is 0 Å². The summed E-state index contributed by atoms with van der Waals surface area (Å²) in [6, 6.07) is 5.95. The molecule has 3 N–H and O–H groups in total. The van der Waals surface area contributed by atoms with Crippen LogP contribution in [0.3, 0.4) is 0 Å². The standard InChI is InChI=1S/C14H18Cl2N2/c15-12-7-6-10(8-13(12)16)9-14(18-17)11-4-2-1-3-5-11/h4,6-8,14,18H,1-3,5,9,17H2. The average Bonchev–Trinajstić information content (AvgIpc) is 2.41. The lowest BCUT2D eigenvalue weighted by molar-refractivity contribution is 0.542. The van der Waals surface area contributed by atoms with Crippen molar-refractivity contribution in [3.05, 3.63) is 45.5 Å². The fourth-order valence-corrected chi connectivity index (χ4v) is 2.70. The van der Waals surface area contributed by atoms with E-state index in [1.165, 1.54) is 18.4 Å². The monoisotopic (exact) mass is 284 g/mol. The molecule has 1 aromatic carbocycles. The molecule has 0 saturated carbocycles. The molecule has 0 aliphatic heterocycles. The van der Waals surface area contributed by atoms with Crippen LogP contribution >= 0.6 is 23.2 Å². The van der Waals surface area contributed by atoms with Crippen molar-refractivity contribution in [2.24, 2.45) is 5.84 Å². The van der Waals surface area contributed by atoms with Gasteiger partial charge in [-0.2, -0.15) is 0 Å². The number of hydrogen-bond acceptors (Lipinski definition) is 2. The summed E-state index contributed by atoms with van der Waals surface area (Å²) in [5, 5.41) is 1.19. The summed E-state index contributed by atoms with van der Waals surface area (Å²) >= 11 is 11.9. The van der Waals surface area contributed by atoms with Crippen molar-refractivity contribution in [1.29, 1.82) is 0 Å². The van der Waals surface area contributed by atoms with Crippen LogP contribution in [0.2, 0.25) is 10.0 Å². The Hall–Kier alpha value is -0.540. The van der Waals surface area contributed by atoms with Gasteiger partial charge in [0.2, 0.25) is 0 Å². The van der Waals surface area contributed by atoms with Crippen LogP contribution in [0.5, 0.6) is 0 Å². The van der Waals surface area contributed by atoms with Crippen molar-refractivity contribution in [2.75, 3.05) is 0 Å². The zero-order chi connectivity index (χ0) is 13.0. The Morgan fingerprint density at radius 2 is 2.06 bits per heavy atom. The maximum atomic E-state index is 6.03. The third-order valence-corrected chi connectivity index (χ3v) is 4.14. The van der Waals surface area contributed by atoms with Gasteiger partial charge in [-0.1, -0.05) is 40.9 Å². The highest BCUT2D eigenvalue weighted by Crippen LogP contribution is 2.26. The molecule has 0 heterocycles. The first-order chi connectivity index (χ1) is 8.70. The first-order valence-corrected chi connectivity index (χ1v) is 7.05. The average molecular weight is 285 g/mol. The van der Waals surface area contributed by atoms with E-state index in [9.17, 15) is 0 Å². The van der Waals surface area contributed by atoms with Gasteiger partial charge in [-0.15, -0.1) is 0 Å². The van der Waals surface area contributed by atoms with Gasteiger partial charge in [-0.05, 0) is 49.8 Å². The molecule has 0 saturated heterocycles. The number of benzene rings is 1. The maximum Gasteiger partial charge on any atom is 0.0595 e. The normalized spacial score (nSPS) is 17.4. The second kappa shape index (κ2) is 6.58. The molecule has 2 rings (SSSR count). The van der Waals surface area contributed by atoms with E-state index >= 15 is 0 Å². The number of halogens is 2. The summed E-state index contributed by atoms with van der Waals surface area (Å²) in [7, 11) is 0. The molecule has 1 aromatic rings. The van der Waals surface area contributed by atoms with E-state index in [-0.39, 0.29) is 6.04 Å². The van der Waals surface area contributed by atoms with Crippen molar-refractivity contribution in [2.45, 2.75) is 38.1 Å². The van der Waals surface area contributed by atoms with Crippen molar-refractivity contribution in [1.82, 2.24) is 5.43 Å². The Balaban J connectivity index is 2.09. The zero-order valence-corrected chi connectivity index (χ0v) is 11.8. The lowest BCUT2D eigenvalue weighted by Gasteiger charge is -2.22. The van der Waals surface area contributed by atoms with Crippen LogP contribution in [-0.2, 0) is 6.42 Å². The van der Waals surface area contributed by atoms with Gasteiger partial charge in [0.25, 0.3) is 0 Å². The van der Waals surface area contributed by atoms with Gasteiger partial charge in [0.05, 0.1) is 10.0 Å². The Labute approximate surface area is 118 Å². The molecule has 1 aliphatic rings. The molecule has 98 valence electrons. The fraction of sp³-hybridized carbons (Fsp3) is 0.429. The molecule has 1 unspecified atom stereocenters. The highest BCUT2D eigenvalue weighted by atomic mass is 35.5. The molecule has 18 heavy (non-hydrogen) atoms. The Bertz CT molecular complexity index is 443. The molecule has 0 radical (unpaired) electrons. The maximum absolute atomic E-state index is 6.03. The van der Waals surface area contributed by atoms with Crippen molar-refractivity contribution in [3.8, 4) is 0 Å². The molecule has 2 nitrogen and oxygen atoms in total. The number of hydrazine groups is 1. The van der Waals surface area contributed by atoms with E-state index in [4.69, 9.17) is 29.0 Å². The molecular formula is C14H18Cl2N2. The van der Waals surface area contributed by atoms with Gasteiger partial charge in [-0.3, -0.25) is 11.3 Å². The van der Waals surface area contributed by atoms with Gasteiger partial charge in [0.1, 0.15) is 0 Å². The molecule has 0 fully saturated rings. The van der Waals surface area contributed by atoms with Crippen LogP contribution in [0.15, 0.2) is 29.8 Å². The van der Waals surface area contributed by atoms with E-state index in [0.29, 0.717) is 10.0 Å². The predicted molar refractivity (Wildman–Crippen MR) is 77.8 cm³/mol. The van der Waals surface area contributed by atoms with Gasteiger partial charge >= 0.3 is 0 Å². The van der Waals surface area contributed by atoms with Gasteiger partial charge in [0, 0.05) is 6.04 Å². The fourth-order valence-electron chi connectivity index (χ4n) is 2.38. The second-order valence-corrected chi connectivity index (χ2v) is 5.51. The predicted octanol–water partition coefficient (Wildman–Crippen LogP) is 3.87. The quantitative estimate of drug-likeness (QED) is 0.500. The highest BCUT2D eigenvalue weighted by Gasteiger charge is 2.15. The van der Waals surface area contributed by atoms with Crippen molar-refractivity contribution in [3.63, 3.8) is 0 Å². The topological polar surface area (TPSA) is 38.0 Å². The minimum Gasteiger partial charge on any atom is -0.271 e. The molecule has 0 aromatic heterocycles. The van der Waals surface area contributed by atoms with Crippen LogP contribution < -0.4 is 11.3 Å². The zero-order valence-electron chi connectivity index (χ0n) is 10.3. The molecule has 0 spiro atoms. The van der Waals surface area contributed by atoms with Crippen molar-refractivity contribution < 1.29 is 0 Å². The molecule has 0 bridgehead atoms. The molecule has 0 amide bonds. The van der Waals surface area contributed by atoms with Crippen LogP contribution in [0, 0.1) is 0 Å². The van der Waals surface area contributed by atoms with Gasteiger partial charge in [0.15, 0.2) is 0 Å². The largest absolute Gasteiger partial charge is 0.271 e. The van der Waals surface area contributed by atoms with E-state index in [0.717, 1.165) is 24.8 Å². The lowest BCUT2D eigenvalue weighted by atomic mass is 9.91. The highest BCUT2D eigenvalue weighted by molar-refractivity contribution is 6.42. The number of rotatable bonds is 4. The smallest absolute Gasteiger partial charge is 0.0595 e. The Morgan fingerprint density at radius 3 is 2.67 bits per heavy atom. The summed E-state index contributed by atoms with van der Waals surface area (Å²) in [5.41, 5.74) is 5.47. The summed E-state index contributed by atoms with van der Waals surface area (Å²) < 4.78 is 0. The minimum atomic E-state index is 0.197. The molecule has 1 atom stereocenters. The molecule has 4 heteroatoms. The van der Waals surface area contributed by atoms with Crippen LogP contribution in [-0.4, -0.2) is 6.04 Å². The van der Waals surface area contributed by atoms with Gasteiger partial charge in [-0.25, -0.2) is 0 Å². The summed E-state index contributed by atoms with van der Waals surface area (Å²) in [6.45, 7) is 0. The number of allylic oxidation sites excluding steroid dienone is 1. The molecule has 1 aliphatic carbocycles. The minimum absolute atomic E-state index is 0.197. The SMILES string of the molecule is NNC(Cc1ccc(Cl)c(Cl)c1)C1=CCCCC1. The first kappa shape index (κ1) is 13.9. The summed E-state index contributed by atoms with van der Waals surface area (Å²) in [4.78, 5) is 0. The van der Waals surface area contributed by atoms with Crippen LogP contribution in [0.1, 0.15) is 31.2 Å². The second-order valence-electron chi connectivity index (χ2n) is 4.70. The summed E-state index contributed by atoms with van der Waals surface area (Å²) in [5.74, 6) is 5.67. The Morgan fingerprint density at radius 1 is 1.22 bits per heavy atom. The number of nitrogens with two attached hydrogens (primary N) is 1. The summed E-state index contributed by atoms with van der Waals surface area (Å²) in [6.07, 6.45) is 7.99. The first-order valence-electron chi connectivity index (χ1n) is 6.29. The van der Waals surface area contributed by atoms with E-state index in [1.54, 1.807) is 0 Å². The van der Waals surface area contributed by atoms with Crippen LogP contribution in [0.4, 0.5) is 0 Å². The van der Waals surface area contributed by atoms with Crippen LogP contribution in [0.25, 0.3) is 0 Å². The third-order valence-electron chi connectivity index (χ3n) is 3.40. The number of nitrogens with one attached hydrogen (secondary N) is 1. The third kappa shape index (κ3) is 3.48. The number of hydrogen-bond donors (Lipinski definition) is 2. The molecular weight excluding hydrogens is 267 g/mol. The van der Waals surface area contributed by atoms with E-state index < -0.39 is 0 Å². The Kier molecular flexibility index (Phi) is 5.07. The van der Waals surface area contributed by atoms with E-state index in [1.807, 2.05) is 18.2 Å². The lowest BCUT2D eigenvalue weighted by Crippen LogP contribution is -2.38. The van der Waals surface area contributed by atoms with E-state index in [2.05, 4.69) is 11.5 Å².